The number of benzene rings is 2. The molecule has 0 saturated heterocycles. The van der Waals surface area contributed by atoms with Crippen LogP contribution in [0.3, 0.4) is 0 Å². The van der Waals surface area contributed by atoms with E-state index in [0.717, 1.165) is 5.56 Å². The van der Waals surface area contributed by atoms with Gasteiger partial charge in [-0.1, -0.05) is 24.3 Å². The zero-order valence-corrected chi connectivity index (χ0v) is 14.3. The summed E-state index contributed by atoms with van der Waals surface area (Å²) in [6.07, 6.45) is 1.64. The fourth-order valence-electron chi connectivity index (χ4n) is 2.73. The number of carbonyl (C=O) groups excluding carboxylic acids is 1. The maximum atomic E-state index is 12.6. The minimum Gasteiger partial charge on any atom is -0.322 e. The Kier molecular flexibility index (Phi) is 4.74. The van der Waals surface area contributed by atoms with E-state index in [2.05, 4.69) is 15.5 Å². The van der Waals surface area contributed by atoms with E-state index in [-0.39, 0.29) is 11.3 Å². The highest BCUT2D eigenvalue weighted by Gasteiger charge is 2.22. The number of carbonyl (C=O) groups is 1. The van der Waals surface area contributed by atoms with Gasteiger partial charge in [0.05, 0.1) is 4.92 Å². The van der Waals surface area contributed by atoms with Crippen molar-refractivity contribution in [1.82, 2.24) is 14.8 Å². The van der Waals surface area contributed by atoms with Crippen molar-refractivity contribution in [3.63, 3.8) is 0 Å². The molecule has 0 saturated carbocycles. The Morgan fingerprint density at radius 2 is 2.04 bits per heavy atom. The second-order valence-corrected chi connectivity index (χ2v) is 5.70. The highest BCUT2D eigenvalue weighted by atomic mass is 16.6. The normalized spacial score (nSPS) is 10.5. The van der Waals surface area contributed by atoms with E-state index in [1.165, 1.54) is 6.07 Å². The molecule has 0 spiro atoms. The molecule has 0 bridgehead atoms. The molecule has 0 aliphatic carbocycles. The highest BCUT2D eigenvalue weighted by Crippen LogP contribution is 2.25. The van der Waals surface area contributed by atoms with Gasteiger partial charge in [-0.25, -0.2) is 0 Å². The van der Waals surface area contributed by atoms with Gasteiger partial charge in [0.2, 0.25) is 0 Å². The van der Waals surface area contributed by atoms with Gasteiger partial charge in [-0.15, -0.1) is 10.2 Å². The summed E-state index contributed by atoms with van der Waals surface area (Å²) in [6, 6.07) is 11.8. The quantitative estimate of drug-likeness (QED) is 0.560. The van der Waals surface area contributed by atoms with E-state index < -0.39 is 10.8 Å². The van der Waals surface area contributed by atoms with Crippen LogP contribution >= 0.6 is 0 Å². The SMILES string of the molecule is CCn1cnnc1-c1cccc(NC(=O)c2cccc(C)c2[N+](=O)[O-])c1. The summed E-state index contributed by atoms with van der Waals surface area (Å²) in [4.78, 5) is 23.3. The molecule has 3 aromatic rings. The topological polar surface area (TPSA) is 103 Å². The number of hydrogen-bond donors (Lipinski definition) is 1. The Labute approximate surface area is 149 Å². The van der Waals surface area contributed by atoms with E-state index >= 15 is 0 Å². The summed E-state index contributed by atoms with van der Waals surface area (Å²) in [5.74, 6) is 0.152. The van der Waals surface area contributed by atoms with Crippen LogP contribution in [0.5, 0.6) is 0 Å². The van der Waals surface area contributed by atoms with Crippen molar-refractivity contribution >= 4 is 17.3 Å². The first-order valence-electron chi connectivity index (χ1n) is 8.05. The van der Waals surface area contributed by atoms with Crippen LogP contribution in [0.15, 0.2) is 48.8 Å². The van der Waals surface area contributed by atoms with Gasteiger partial charge in [-0.3, -0.25) is 14.9 Å². The van der Waals surface area contributed by atoms with E-state index in [9.17, 15) is 14.9 Å². The third-order valence-electron chi connectivity index (χ3n) is 4.00. The minimum absolute atomic E-state index is 0.0251. The van der Waals surface area contributed by atoms with Gasteiger partial charge >= 0.3 is 0 Å². The number of nitrogens with one attached hydrogen (secondary N) is 1. The Balaban J connectivity index is 1.91. The van der Waals surface area contributed by atoms with Gasteiger partial charge in [0.25, 0.3) is 11.6 Å². The van der Waals surface area contributed by atoms with Crippen LogP contribution in [-0.2, 0) is 6.54 Å². The van der Waals surface area contributed by atoms with Gasteiger partial charge in [0.15, 0.2) is 5.82 Å². The van der Waals surface area contributed by atoms with Crippen molar-refractivity contribution in [3.8, 4) is 11.4 Å². The van der Waals surface area contributed by atoms with Gasteiger partial charge in [-0.2, -0.15) is 0 Å². The fourth-order valence-corrected chi connectivity index (χ4v) is 2.73. The number of hydrogen-bond acceptors (Lipinski definition) is 5. The molecule has 8 nitrogen and oxygen atoms in total. The molecule has 1 N–H and O–H groups in total. The number of nitro benzene ring substituents is 1. The van der Waals surface area contributed by atoms with E-state index in [4.69, 9.17) is 0 Å². The van der Waals surface area contributed by atoms with E-state index in [1.807, 2.05) is 17.6 Å². The average molecular weight is 351 g/mol. The Hall–Kier alpha value is -3.55. The molecule has 0 aliphatic heterocycles. The molecule has 0 atom stereocenters. The number of para-hydroxylation sites is 1. The van der Waals surface area contributed by atoms with Crippen molar-refractivity contribution < 1.29 is 9.72 Å². The van der Waals surface area contributed by atoms with Gasteiger partial charge in [-0.05, 0) is 32.0 Å². The van der Waals surface area contributed by atoms with Crippen molar-refractivity contribution in [2.75, 3.05) is 5.32 Å². The molecule has 3 rings (SSSR count). The largest absolute Gasteiger partial charge is 0.322 e. The second-order valence-electron chi connectivity index (χ2n) is 5.70. The summed E-state index contributed by atoms with van der Waals surface area (Å²) in [5, 5.41) is 22.0. The molecule has 0 fully saturated rings. The van der Waals surface area contributed by atoms with Crippen LogP contribution in [0.25, 0.3) is 11.4 Å². The molecule has 132 valence electrons. The molecular formula is C18H17N5O3. The third-order valence-corrected chi connectivity index (χ3v) is 4.00. The van der Waals surface area contributed by atoms with Crippen molar-refractivity contribution in [2.45, 2.75) is 20.4 Å². The fraction of sp³-hybridized carbons (Fsp3) is 0.167. The third kappa shape index (κ3) is 3.30. The molecule has 1 heterocycles. The summed E-state index contributed by atoms with van der Waals surface area (Å²) in [7, 11) is 0. The summed E-state index contributed by atoms with van der Waals surface area (Å²) < 4.78 is 1.88. The second kappa shape index (κ2) is 7.14. The van der Waals surface area contributed by atoms with Crippen molar-refractivity contribution in [3.05, 3.63) is 70.0 Å². The van der Waals surface area contributed by atoms with Gasteiger partial charge in [0.1, 0.15) is 11.9 Å². The Morgan fingerprint density at radius 3 is 2.77 bits per heavy atom. The molecule has 8 heteroatoms. The molecule has 0 radical (unpaired) electrons. The first-order chi connectivity index (χ1) is 12.5. The lowest BCUT2D eigenvalue weighted by Crippen LogP contribution is -2.14. The van der Waals surface area contributed by atoms with Crippen LogP contribution in [0, 0.1) is 17.0 Å². The van der Waals surface area contributed by atoms with Gasteiger partial charge < -0.3 is 9.88 Å². The zero-order chi connectivity index (χ0) is 18.7. The number of aromatic nitrogens is 3. The number of amides is 1. The first-order valence-corrected chi connectivity index (χ1v) is 8.05. The van der Waals surface area contributed by atoms with Crippen LogP contribution in [0.1, 0.15) is 22.8 Å². The standard InChI is InChI=1S/C18H17N5O3/c1-3-22-11-19-21-17(22)13-7-5-8-14(10-13)20-18(24)15-9-4-6-12(2)16(15)23(25)26/h4-11H,3H2,1-2H3,(H,20,24). The van der Waals surface area contributed by atoms with Crippen LogP contribution in [-0.4, -0.2) is 25.6 Å². The van der Waals surface area contributed by atoms with Crippen LogP contribution in [0.4, 0.5) is 11.4 Å². The monoisotopic (exact) mass is 351 g/mol. The lowest BCUT2D eigenvalue weighted by atomic mass is 10.1. The average Bonchev–Trinajstić information content (AvgIpc) is 3.10. The minimum atomic E-state index is -0.537. The molecular weight excluding hydrogens is 334 g/mol. The lowest BCUT2D eigenvalue weighted by Gasteiger charge is -2.09. The van der Waals surface area contributed by atoms with Crippen LogP contribution in [0.2, 0.25) is 0 Å². The number of nitro groups is 1. The summed E-state index contributed by atoms with van der Waals surface area (Å²) >= 11 is 0. The molecule has 26 heavy (non-hydrogen) atoms. The zero-order valence-electron chi connectivity index (χ0n) is 14.3. The number of aryl methyl sites for hydroxylation is 2. The smallest absolute Gasteiger partial charge is 0.285 e. The highest BCUT2D eigenvalue weighted by molar-refractivity contribution is 6.07. The Morgan fingerprint density at radius 1 is 1.27 bits per heavy atom. The number of rotatable bonds is 5. The van der Waals surface area contributed by atoms with Crippen LogP contribution < -0.4 is 5.32 Å². The molecule has 1 aromatic heterocycles. The molecule has 0 aliphatic rings. The van der Waals surface area contributed by atoms with E-state index in [1.54, 1.807) is 43.6 Å². The lowest BCUT2D eigenvalue weighted by molar-refractivity contribution is -0.385. The summed E-state index contributed by atoms with van der Waals surface area (Å²) in [6.45, 7) is 4.30. The molecule has 1 amide bonds. The maximum Gasteiger partial charge on any atom is 0.285 e. The predicted molar refractivity (Wildman–Crippen MR) is 96.9 cm³/mol. The van der Waals surface area contributed by atoms with Crippen molar-refractivity contribution in [2.24, 2.45) is 0 Å². The number of nitrogens with zero attached hydrogens (tertiary/aromatic N) is 4. The van der Waals surface area contributed by atoms with Crippen molar-refractivity contribution in [1.29, 1.82) is 0 Å². The predicted octanol–water partition coefficient (Wildman–Crippen LogP) is 3.43. The number of anilines is 1. The first kappa shape index (κ1) is 17.3. The van der Waals surface area contributed by atoms with Gasteiger partial charge in [0, 0.05) is 23.4 Å². The maximum absolute atomic E-state index is 12.6. The van der Waals surface area contributed by atoms with E-state index in [0.29, 0.717) is 23.6 Å². The Bertz CT molecular complexity index is 980. The summed E-state index contributed by atoms with van der Waals surface area (Å²) in [5.41, 5.74) is 1.59. The molecule has 0 unspecified atom stereocenters. The molecule has 2 aromatic carbocycles.